The van der Waals surface area contributed by atoms with Crippen LogP contribution in [0.25, 0.3) is 0 Å². The molecule has 1 aliphatic heterocycles. The summed E-state index contributed by atoms with van der Waals surface area (Å²) in [6, 6.07) is 3.44. The number of nitrogens with one attached hydrogen (secondary N) is 1. The molecular formula is C14H24N4. The third kappa shape index (κ3) is 3.12. The third-order valence-electron chi connectivity index (χ3n) is 4.22. The average molecular weight is 248 g/mol. The van der Waals surface area contributed by atoms with Crippen LogP contribution in [0.4, 0.5) is 0 Å². The van der Waals surface area contributed by atoms with Crippen molar-refractivity contribution in [2.45, 2.75) is 44.8 Å². The highest BCUT2D eigenvalue weighted by Gasteiger charge is 2.28. The van der Waals surface area contributed by atoms with E-state index in [1.54, 1.807) is 0 Å². The molecule has 1 saturated carbocycles. The molecule has 2 heterocycles. The monoisotopic (exact) mass is 248 g/mol. The molecule has 2 unspecified atom stereocenters. The number of nitrogens with zero attached hydrogens (tertiary/aromatic N) is 3. The number of rotatable bonds is 6. The Kier molecular flexibility index (Phi) is 3.66. The van der Waals surface area contributed by atoms with Crippen molar-refractivity contribution in [1.29, 1.82) is 0 Å². The molecular weight excluding hydrogens is 224 g/mol. The van der Waals surface area contributed by atoms with Gasteiger partial charge in [0, 0.05) is 31.0 Å². The normalized spacial score (nSPS) is 26.6. The molecule has 100 valence electrons. The largest absolute Gasteiger partial charge is 0.314 e. The maximum Gasteiger partial charge on any atom is 0.0562 e. The summed E-state index contributed by atoms with van der Waals surface area (Å²) in [7, 11) is 0. The Hall–Kier alpha value is -0.870. The van der Waals surface area contributed by atoms with E-state index < -0.39 is 0 Å². The van der Waals surface area contributed by atoms with Gasteiger partial charge in [0.05, 0.1) is 6.54 Å². The van der Waals surface area contributed by atoms with Crippen molar-refractivity contribution in [1.82, 2.24) is 20.0 Å². The molecule has 1 N–H and O–H groups in total. The lowest BCUT2D eigenvalue weighted by molar-refractivity contribution is 0.221. The molecule has 0 amide bonds. The van der Waals surface area contributed by atoms with Gasteiger partial charge in [0.2, 0.25) is 0 Å². The quantitative estimate of drug-likeness (QED) is 0.825. The van der Waals surface area contributed by atoms with Crippen LogP contribution in [0.3, 0.4) is 0 Å². The summed E-state index contributed by atoms with van der Waals surface area (Å²) in [4.78, 5) is 2.61. The van der Waals surface area contributed by atoms with Gasteiger partial charge in [-0.2, -0.15) is 5.10 Å². The highest BCUT2D eigenvalue weighted by molar-refractivity contribution is 4.86. The van der Waals surface area contributed by atoms with Crippen LogP contribution in [0, 0.1) is 5.92 Å². The second kappa shape index (κ2) is 5.41. The molecule has 2 fully saturated rings. The van der Waals surface area contributed by atoms with Crippen molar-refractivity contribution in [3.05, 3.63) is 18.5 Å². The fourth-order valence-corrected chi connectivity index (χ4v) is 2.84. The van der Waals surface area contributed by atoms with Gasteiger partial charge in [-0.1, -0.05) is 0 Å². The van der Waals surface area contributed by atoms with E-state index in [1.165, 1.54) is 38.9 Å². The number of likely N-dealkylation sites (tertiary alicyclic amines) is 1. The lowest BCUT2D eigenvalue weighted by Crippen LogP contribution is -2.35. The van der Waals surface area contributed by atoms with Gasteiger partial charge in [-0.05, 0) is 51.3 Å². The second-order valence-corrected chi connectivity index (χ2v) is 5.91. The second-order valence-electron chi connectivity index (χ2n) is 5.91. The van der Waals surface area contributed by atoms with Crippen molar-refractivity contribution >= 4 is 0 Å². The first-order valence-electron chi connectivity index (χ1n) is 7.26. The van der Waals surface area contributed by atoms with Gasteiger partial charge in [-0.25, -0.2) is 0 Å². The standard InChI is InChI=1S/C14H24N4/c1-12(10-18-7-2-6-16-18)17-8-5-13(11-17)9-15-14-3-4-14/h2,6-7,12-15H,3-5,8-11H2,1H3. The van der Waals surface area contributed by atoms with E-state index in [9.17, 15) is 0 Å². The fraction of sp³-hybridized carbons (Fsp3) is 0.786. The van der Waals surface area contributed by atoms with Crippen LogP contribution in [-0.4, -0.2) is 46.4 Å². The summed E-state index contributed by atoms with van der Waals surface area (Å²) in [5.41, 5.74) is 0. The van der Waals surface area contributed by atoms with E-state index >= 15 is 0 Å². The molecule has 0 spiro atoms. The van der Waals surface area contributed by atoms with Crippen LogP contribution < -0.4 is 5.32 Å². The molecule has 2 aliphatic rings. The van der Waals surface area contributed by atoms with Crippen LogP contribution in [0.15, 0.2) is 18.5 Å². The van der Waals surface area contributed by atoms with E-state index in [0.29, 0.717) is 6.04 Å². The molecule has 0 aromatic carbocycles. The predicted molar refractivity (Wildman–Crippen MR) is 72.4 cm³/mol. The summed E-state index contributed by atoms with van der Waals surface area (Å²) in [5.74, 6) is 0.852. The highest BCUT2D eigenvalue weighted by atomic mass is 15.3. The van der Waals surface area contributed by atoms with Crippen molar-refractivity contribution in [3.63, 3.8) is 0 Å². The zero-order chi connectivity index (χ0) is 12.4. The Labute approximate surface area is 109 Å². The van der Waals surface area contributed by atoms with Gasteiger partial charge in [-0.15, -0.1) is 0 Å². The summed E-state index contributed by atoms with van der Waals surface area (Å²) >= 11 is 0. The molecule has 18 heavy (non-hydrogen) atoms. The third-order valence-corrected chi connectivity index (χ3v) is 4.22. The number of hydrogen-bond donors (Lipinski definition) is 1. The molecule has 3 rings (SSSR count). The van der Waals surface area contributed by atoms with E-state index in [2.05, 4.69) is 28.4 Å². The molecule has 4 nitrogen and oxygen atoms in total. The molecule has 2 atom stereocenters. The summed E-state index contributed by atoms with van der Waals surface area (Å²) in [5, 5.41) is 7.95. The van der Waals surface area contributed by atoms with Crippen molar-refractivity contribution in [3.8, 4) is 0 Å². The van der Waals surface area contributed by atoms with Gasteiger partial charge in [0.1, 0.15) is 0 Å². The van der Waals surface area contributed by atoms with Crippen molar-refractivity contribution in [2.24, 2.45) is 5.92 Å². The lowest BCUT2D eigenvalue weighted by Gasteiger charge is -2.24. The minimum atomic E-state index is 0.593. The smallest absolute Gasteiger partial charge is 0.0562 e. The maximum absolute atomic E-state index is 4.29. The zero-order valence-corrected chi connectivity index (χ0v) is 11.3. The van der Waals surface area contributed by atoms with E-state index in [4.69, 9.17) is 0 Å². The van der Waals surface area contributed by atoms with Gasteiger partial charge < -0.3 is 5.32 Å². The van der Waals surface area contributed by atoms with E-state index in [-0.39, 0.29) is 0 Å². The average Bonchev–Trinajstić information content (AvgIpc) is 2.88. The van der Waals surface area contributed by atoms with Crippen LogP contribution in [0.5, 0.6) is 0 Å². The van der Waals surface area contributed by atoms with Gasteiger partial charge in [0.25, 0.3) is 0 Å². The van der Waals surface area contributed by atoms with E-state index in [1.807, 2.05) is 16.9 Å². The fourth-order valence-electron chi connectivity index (χ4n) is 2.84. The first kappa shape index (κ1) is 12.2. The van der Waals surface area contributed by atoms with Crippen LogP contribution in [0.2, 0.25) is 0 Å². The summed E-state index contributed by atoms with van der Waals surface area (Å²) < 4.78 is 2.04. The Balaban J connectivity index is 1.42. The number of hydrogen-bond acceptors (Lipinski definition) is 3. The molecule has 1 saturated heterocycles. The Bertz CT molecular complexity index is 358. The topological polar surface area (TPSA) is 33.1 Å². The van der Waals surface area contributed by atoms with Gasteiger partial charge >= 0.3 is 0 Å². The Morgan fingerprint density at radius 1 is 1.39 bits per heavy atom. The van der Waals surface area contributed by atoms with E-state index in [0.717, 1.165) is 18.5 Å². The molecule has 0 bridgehead atoms. The van der Waals surface area contributed by atoms with Crippen LogP contribution in [-0.2, 0) is 6.54 Å². The first-order chi connectivity index (χ1) is 8.81. The lowest BCUT2D eigenvalue weighted by atomic mass is 10.1. The van der Waals surface area contributed by atoms with Gasteiger partial charge in [-0.3, -0.25) is 9.58 Å². The molecule has 4 heteroatoms. The zero-order valence-electron chi connectivity index (χ0n) is 11.3. The van der Waals surface area contributed by atoms with Gasteiger partial charge in [0.15, 0.2) is 0 Å². The van der Waals surface area contributed by atoms with Crippen molar-refractivity contribution < 1.29 is 0 Å². The summed E-state index contributed by atoms with van der Waals surface area (Å²) in [6.45, 7) is 7.05. The number of aromatic nitrogens is 2. The summed E-state index contributed by atoms with van der Waals surface area (Å²) in [6.07, 6.45) is 8.05. The van der Waals surface area contributed by atoms with Crippen molar-refractivity contribution in [2.75, 3.05) is 19.6 Å². The minimum absolute atomic E-state index is 0.593. The molecule has 1 aromatic heterocycles. The Morgan fingerprint density at radius 2 is 2.28 bits per heavy atom. The first-order valence-corrected chi connectivity index (χ1v) is 7.26. The van der Waals surface area contributed by atoms with Crippen LogP contribution in [0.1, 0.15) is 26.2 Å². The molecule has 1 aromatic rings. The van der Waals surface area contributed by atoms with Crippen LogP contribution >= 0.6 is 0 Å². The minimum Gasteiger partial charge on any atom is -0.314 e. The molecule has 0 radical (unpaired) electrons. The highest BCUT2D eigenvalue weighted by Crippen LogP contribution is 2.22. The molecule has 1 aliphatic carbocycles. The Morgan fingerprint density at radius 3 is 3.00 bits per heavy atom. The maximum atomic E-state index is 4.29. The predicted octanol–water partition coefficient (Wildman–Crippen LogP) is 1.35. The SMILES string of the molecule is CC(Cn1cccn1)N1CCC(CNC2CC2)C1.